The first-order valence-corrected chi connectivity index (χ1v) is 10.2. The first kappa shape index (κ1) is 21.9. The molecule has 2 aromatic carbocycles. The number of rotatable bonds is 9. The van der Waals surface area contributed by atoms with Gasteiger partial charge in [-0.1, -0.05) is 24.6 Å². The Bertz CT molecular complexity index is 843. The van der Waals surface area contributed by atoms with E-state index in [2.05, 4.69) is 5.32 Å². The molecule has 8 heteroatoms. The number of carbonyl (C=O) groups excluding carboxylic acids is 2. The maximum atomic E-state index is 12.3. The summed E-state index contributed by atoms with van der Waals surface area (Å²) in [6.45, 7) is 2.02. The second-order valence-corrected chi connectivity index (χ2v) is 6.98. The molecule has 0 unspecified atom stereocenters. The molecule has 0 aliphatic heterocycles. The average molecular weight is 424 g/mol. The molecule has 0 atom stereocenters. The summed E-state index contributed by atoms with van der Waals surface area (Å²) in [7, 11) is 1.45. The van der Waals surface area contributed by atoms with Crippen molar-refractivity contribution in [1.82, 2.24) is 0 Å². The monoisotopic (exact) mass is 423 g/mol. The molecule has 0 radical (unpaired) electrons. The van der Waals surface area contributed by atoms with Gasteiger partial charge >= 0.3 is 5.97 Å². The van der Waals surface area contributed by atoms with Gasteiger partial charge in [0.05, 0.1) is 24.3 Å². The number of thioether (sulfide) groups is 1. The lowest BCUT2D eigenvalue weighted by Crippen LogP contribution is -2.21. The number of anilines is 1. The fourth-order valence-electron chi connectivity index (χ4n) is 2.29. The van der Waals surface area contributed by atoms with Gasteiger partial charge in [0.1, 0.15) is 0 Å². The van der Waals surface area contributed by atoms with Crippen LogP contribution in [0.25, 0.3) is 0 Å². The van der Waals surface area contributed by atoms with Crippen LogP contribution < -0.4 is 14.8 Å². The minimum absolute atomic E-state index is 0.169. The van der Waals surface area contributed by atoms with Gasteiger partial charge < -0.3 is 19.5 Å². The predicted octanol–water partition coefficient (Wildman–Crippen LogP) is 4.65. The lowest BCUT2D eigenvalue weighted by molar-refractivity contribution is -0.119. The predicted molar refractivity (Wildman–Crippen MR) is 111 cm³/mol. The van der Waals surface area contributed by atoms with Crippen molar-refractivity contribution in [2.45, 2.75) is 18.2 Å². The Morgan fingerprint density at radius 3 is 2.68 bits per heavy atom. The van der Waals surface area contributed by atoms with Crippen molar-refractivity contribution in [3.8, 4) is 11.5 Å². The molecular weight excluding hydrogens is 402 g/mol. The van der Waals surface area contributed by atoms with E-state index in [1.165, 1.54) is 19.2 Å². The van der Waals surface area contributed by atoms with Crippen molar-refractivity contribution in [2.24, 2.45) is 0 Å². The van der Waals surface area contributed by atoms with Crippen LogP contribution in [0.4, 0.5) is 5.69 Å². The van der Waals surface area contributed by atoms with E-state index >= 15 is 0 Å². The SMILES string of the molecule is CCCOc1c(Cl)cc(C(=O)OCC(=O)Nc2cccc(SC)c2)cc1OC. The first-order chi connectivity index (χ1) is 13.5. The van der Waals surface area contributed by atoms with Gasteiger partial charge in [0, 0.05) is 10.6 Å². The molecule has 0 heterocycles. The molecule has 150 valence electrons. The Labute approximate surface area is 173 Å². The van der Waals surface area contributed by atoms with Crippen LogP contribution in [0, 0.1) is 0 Å². The number of hydrogen-bond donors (Lipinski definition) is 1. The number of carbonyl (C=O) groups is 2. The van der Waals surface area contributed by atoms with Crippen molar-refractivity contribution >= 4 is 40.9 Å². The van der Waals surface area contributed by atoms with Crippen LogP contribution in [0.3, 0.4) is 0 Å². The topological polar surface area (TPSA) is 73.9 Å². The van der Waals surface area contributed by atoms with Gasteiger partial charge in [0.2, 0.25) is 0 Å². The maximum Gasteiger partial charge on any atom is 0.338 e. The summed E-state index contributed by atoms with van der Waals surface area (Å²) in [5.74, 6) is -0.428. The average Bonchev–Trinajstić information content (AvgIpc) is 2.70. The normalized spacial score (nSPS) is 10.3. The minimum Gasteiger partial charge on any atom is -0.493 e. The third-order valence-electron chi connectivity index (χ3n) is 3.60. The summed E-state index contributed by atoms with van der Waals surface area (Å²) in [5.41, 5.74) is 0.804. The zero-order valence-corrected chi connectivity index (χ0v) is 17.5. The number of nitrogens with one attached hydrogen (secondary N) is 1. The third kappa shape index (κ3) is 6.07. The molecule has 0 spiro atoms. The molecule has 2 rings (SSSR count). The Hall–Kier alpha value is -2.38. The largest absolute Gasteiger partial charge is 0.493 e. The van der Waals surface area contributed by atoms with Gasteiger partial charge in [-0.25, -0.2) is 4.79 Å². The molecular formula is C20H22ClNO5S. The Morgan fingerprint density at radius 1 is 1.21 bits per heavy atom. The summed E-state index contributed by atoms with van der Waals surface area (Å²) in [6, 6.07) is 10.3. The van der Waals surface area contributed by atoms with E-state index in [9.17, 15) is 9.59 Å². The fraction of sp³-hybridized carbons (Fsp3) is 0.300. The summed E-state index contributed by atoms with van der Waals surface area (Å²) < 4.78 is 15.9. The second kappa shape index (κ2) is 10.8. The molecule has 1 N–H and O–H groups in total. The molecule has 6 nitrogen and oxygen atoms in total. The third-order valence-corrected chi connectivity index (χ3v) is 4.61. The zero-order chi connectivity index (χ0) is 20.5. The van der Waals surface area contributed by atoms with Crippen molar-refractivity contribution in [3.05, 3.63) is 47.0 Å². The minimum atomic E-state index is -0.685. The highest BCUT2D eigenvalue weighted by molar-refractivity contribution is 7.98. The van der Waals surface area contributed by atoms with Crippen LogP contribution in [0.15, 0.2) is 41.3 Å². The van der Waals surface area contributed by atoms with Crippen molar-refractivity contribution in [2.75, 3.05) is 31.9 Å². The number of methoxy groups -OCH3 is 1. The van der Waals surface area contributed by atoms with Gasteiger partial charge in [0.15, 0.2) is 18.1 Å². The summed E-state index contributed by atoms with van der Waals surface area (Å²) >= 11 is 7.76. The summed E-state index contributed by atoms with van der Waals surface area (Å²) in [4.78, 5) is 25.3. The molecule has 0 saturated heterocycles. The molecule has 0 bridgehead atoms. The van der Waals surface area contributed by atoms with E-state index in [1.807, 2.05) is 31.4 Å². The lowest BCUT2D eigenvalue weighted by atomic mass is 10.2. The number of amides is 1. The van der Waals surface area contributed by atoms with Crippen molar-refractivity contribution in [3.63, 3.8) is 0 Å². The van der Waals surface area contributed by atoms with Gasteiger partial charge in [-0.05, 0) is 43.0 Å². The number of ether oxygens (including phenoxy) is 3. The molecule has 0 saturated carbocycles. The van der Waals surface area contributed by atoms with E-state index in [0.717, 1.165) is 11.3 Å². The number of hydrogen-bond acceptors (Lipinski definition) is 6. The fourth-order valence-corrected chi connectivity index (χ4v) is 3.02. The molecule has 0 aromatic heterocycles. The van der Waals surface area contributed by atoms with Crippen LogP contribution in [0.5, 0.6) is 11.5 Å². The van der Waals surface area contributed by atoms with Crippen LogP contribution in [0.2, 0.25) is 5.02 Å². The van der Waals surface area contributed by atoms with E-state index in [4.69, 9.17) is 25.8 Å². The Morgan fingerprint density at radius 2 is 2.00 bits per heavy atom. The molecule has 2 aromatic rings. The number of halogens is 1. The van der Waals surface area contributed by atoms with E-state index < -0.39 is 18.5 Å². The molecule has 0 aliphatic rings. The molecule has 28 heavy (non-hydrogen) atoms. The van der Waals surface area contributed by atoms with E-state index in [0.29, 0.717) is 23.8 Å². The zero-order valence-electron chi connectivity index (χ0n) is 15.9. The van der Waals surface area contributed by atoms with Gasteiger partial charge in [0.25, 0.3) is 5.91 Å². The highest BCUT2D eigenvalue weighted by Gasteiger charge is 2.18. The molecule has 0 fully saturated rings. The first-order valence-electron chi connectivity index (χ1n) is 8.59. The Kier molecular flexibility index (Phi) is 8.47. The van der Waals surface area contributed by atoms with E-state index in [-0.39, 0.29) is 10.6 Å². The smallest absolute Gasteiger partial charge is 0.338 e. The van der Waals surface area contributed by atoms with Crippen LogP contribution in [-0.2, 0) is 9.53 Å². The summed E-state index contributed by atoms with van der Waals surface area (Å²) in [6.07, 6.45) is 2.75. The van der Waals surface area contributed by atoms with Gasteiger partial charge in [-0.3, -0.25) is 4.79 Å². The van der Waals surface area contributed by atoms with Crippen LogP contribution >= 0.6 is 23.4 Å². The van der Waals surface area contributed by atoms with Crippen LogP contribution in [0.1, 0.15) is 23.7 Å². The summed E-state index contributed by atoms with van der Waals surface area (Å²) in [5, 5.41) is 2.92. The van der Waals surface area contributed by atoms with E-state index in [1.54, 1.807) is 17.8 Å². The maximum absolute atomic E-state index is 12.3. The standard InChI is InChI=1S/C20H22ClNO5S/c1-4-8-26-19-16(21)9-13(10-17(19)25-2)20(24)27-12-18(23)22-14-6-5-7-15(11-14)28-3/h5-7,9-11H,4,8,12H2,1-3H3,(H,22,23). The molecule has 1 amide bonds. The quantitative estimate of drug-likeness (QED) is 0.467. The second-order valence-electron chi connectivity index (χ2n) is 5.69. The van der Waals surface area contributed by atoms with Crippen molar-refractivity contribution < 1.29 is 23.8 Å². The van der Waals surface area contributed by atoms with Crippen molar-refractivity contribution in [1.29, 1.82) is 0 Å². The highest BCUT2D eigenvalue weighted by atomic mass is 35.5. The highest BCUT2D eigenvalue weighted by Crippen LogP contribution is 2.36. The van der Waals surface area contributed by atoms with Gasteiger partial charge in [-0.15, -0.1) is 11.8 Å². The lowest BCUT2D eigenvalue weighted by Gasteiger charge is -2.13. The Balaban J connectivity index is 2.00. The number of benzene rings is 2. The van der Waals surface area contributed by atoms with Crippen LogP contribution in [-0.4, -0.2) is 38.5 Å². The molecule has 0 aliphatic carbocycles. The van der Waals surface area contributed by atoms with Gasteiger partial charge in [-0.2, -0.15) is 0 Å². The number of esters is 1.